The summed E-state index contributed by atoms with van der Waals surface area (Å²) in [7, 11) is -0.728. The minimum absolute atomic E-state index is 0.0654. The lowest BCUT2D eigenvalue weighted by molar-refractivity contribution is 0.104. The van der Waals surface area contributed by atoms with Crippen LogP contribution in [-0.2, 0) is 0 Å². The number of aryl methyl sites for hydroxylation is 12. The number of hydrogen-bond acceptors (Lipinski definition) is 4. The van der Waals surface area contributed by atoms with Crippen LogP contribution in [0.5, 0.6) is 0 Å². The molecule has 4 rings (SSSR count). The van der Waals surface area contributed by atoms with Crippen LogP contribution in [0.2, 0.25) is 0 Å². The molecule has 0 N–H and O–H groups in total. The summed E-state index contributed by atoms with van der Waals surface area (Å²) < 4.78 is 0. The number of rotatable bonds is 8. The highest BCUT2D eigenvalue weighted by molar-refractivity contribution is 7.75. The molecule has 0 amide bonds. The van der Waals surface area contributed by atoms with Crippen LogP contribution in [-0.4, -0.2) is 22.1 Å². The third-order valence-corrected chi connectivity index (χ3v) is 9.98. The van der Waals surface area contributed by atoms with E-state index in [1.807, 2.05) is 132 Å². The van der Waals surface area contributed by atoms with E-state index in [0.717, 1.165) is 66.8 Å². The van der Waals surface area contributed by atoms with Gasteiger partial charge in [-0.3, -0.25) is 19.2 Å². The van der Waals surface area contributed by atoms with Gasteiger partial charge in [-0.15, -0.1) is 0 Å². The Labute approximate surface area is 278 Å². The highest BCUT2D eigenvalue weighted by Gasteiger charge is 2.22. The fraction of sp³-hybridized carbons (Fsp3) is 0.300. The van der Waals surface area contributed by atoms with Crippen LogP contribution in [0.25, 0.3) is 0 Å². The van der Waals surface area contributed by atoms with Crippen molar-refractivity contribution >= 4 is 39.3 Å². The molecule has 0 aromatic heterocycles. The van der Waals surface area contributed by atoms with Crippen molar-refractivity contribution < 1.29 is 19.2 Å². The predicted molar refractivity (Wildman–Crippen MR) is 197 cm³/mol. The number of benzene rings is 4. The van der Waals surface area contributed by atoms with Crippen molar-refractivity contribution in [1.82, 2.24) is 0 Å². The van der Waals surface area contributed by atoms with Crippen molar-refractivity contribution in [2.24, 2.45) is 0 Å². The van der Waals surface area contributed by atoms with Crippen LogP contribution in [0.4, 0.5) is 0 Å². The van der Waals surface area contributed by atoms with Crippen LogP contribution in [0.3, 0.4) is 0 Å². The van der Waals surface area contributed by atoms with Gasteiger partial charge in [-0.1, -0.05) is 70.8 Å². The summed E-state index contributed by atoms with van der Waals surface area (Å²) in [4.78, 5) is 50.6. The third-order valence-electron chi connectivity index (χ3n) is 8.07. The second kappa shape index (κ2) is 15.3. The average Bonchev–Trinajstić information content (AvgIpc) is 2.86. The van der Waals surface area contributed by atoms with Crippen LogP contribution in [0.1, 0.15) is 108 Å². The largest absolute Gasteiger partial charge is 0.289 e. The normalized spacial score (nSPS) is 10.7. The molecule has 0 saturated carbocycles. The molecule has 0 saturated heterocycles. The molecule has 0 spiro atoms. The molecule has 0 radical (unpaired) electrons. The average molecular weight is 653 g/mol. The zero-order valence-electron chi connectivity index (χ0n) is 29.3. The van der Waals surface area contributed by atoms with Crippen molar-refractivity contribution in [3.8, 4) is 0 Å². The lowest BCUT2D eigenvalue weighted by atomic mass is 10.0. The van der Waals surface area contributed by atoms with Gasteiger partial charge in [-0.2, -0.15) is 0 Å². The van der Waals surface area contributed by atoms with Crippen LogP contribution in [0, 0.1) is 83.1 Å². The SMILES string of the molecule is Cc1cc(C)c(C(=O)PC(=O)c2c(C)cc(C)cc2C)c(C)c1.Cc1cc(C)c(C(=O)PC(=O)c2c(C)cc(C)cc2C)c(C)c1. The van der Waals surface area contributed by atoms with Crippen molar-refractivity contribution in [3.05, 3.63) is 138 Å². The minimum atomic E-state index is -0.364. The zero-order chi connectivity index (χ0) is 34.6. The summed E-state index contributed by atoms with van der Waals surface area (Å²) in [5.41, 5.74) is 14.7. The summed E-state index contributed by atoms with van der Waals surface area (Å²) in [6.07, 6.45) is 0. The summed E-state index contributed by atoms with van der Waals surface area (Å²) >= 11 is 0. The van der Waals surface area contributed by atoms with E-state index in [1.165, 1.54) is 0 Å². The molecule has 4 aromatic rings. The van der Waals surface area contributed by atoms with E-state index < -0.39 is 0 Å². The number of hydrogen-bond donors (Lipinski definition) is 0. The Balaban J connectivity index is 0.000000250. The first-order valence-corrected chi connectivity index (χ1v) is 17.4. The molecule has 0 unspecified atom stereocenters. The Kier molecular flexibility index (Phi) is 12.3. The quantitative estimate of drug-likeness (QED) is 0.178. The van der Waals surface area contributed by atoms with Crippen LogP contribution in [0.15, 0.2) is 48.5 Å². The van der Waals surface area contributed by atoms with Crippen LogP contribution < -0.4 is 0 Å². The minimum Gasteiger partial charge on any atom is -0.289 e. The van der Waals surface area contributed by atoms with Crippen molar-refractivity contribution in [1.29, 1.82) is 0 Å². The second-order valence-corrected chi connectivity index (χ2v) is 15.0. The van der Waals surface area contributed by atoms with Gasteiger partial charge in [0, 0.05) is 39.4 Å². The molecule has 4 aromatic carbocycles. The summed E-state index contributed by atoms with van der Waals surface area (Å²) in [6, 6.07) is 16.0. The highest BCUT2D eigenvalue weighted by Crippen LogP contribution is 2.32. The lowest BCUT2D eigenvalue weighted by Crippen LogP contribution is -2.06. The van der Waals surface area contributed by atoms with Crippen LogP contribution >= 0.6 is 17.2 Å². The fourth-order valence-corrected chi connectivity index (χ4v) is 9.10. The molecular weight excluding hydrogens is 606 g/mol. The Bertz CT molecular complexity index is 1520. The molecular formula is C40H46O4P2. The molecule has 4 nitrogen and oxygen atoms in total. The molecule has 46 heavy (non-hydrogen) atoms. The molecule has 0 atom stereocenters. The van der Waals surface area contributed by atoms with Gasteiger partial charge in [0.25, 0.3) is 0 Å². The molecule has 0 aliphatic heterocycles. The maximum absolute atomic E-state index is 12.7. The third kappa shape index (κ3) is 8.81. The maximum Gasteiger partial charge on any atom is 0.189 e. The van der Waals surface area contributed by atoms with Gasteiger partial charge in [0.15, 0.2) is 22.1 Å². The molecule has 6 heteroatoms. The zero-order valence-corrected chi connectivity index (χ0v) is 31.3. The van der Waals surface area contributed by atoms with Gasteiger partial charge in [0.2, 0.25) is 0 Å². The predicted octanol–water partition coefficient (Wildman–Crippen LogP) is 10.4. The Hall–Kier alpha value is -3.58. The van der Waals surface area contributed by atoms with Crippen molar-refractivity contribution in [2.75, 3.05) is 0 Å². The maximum atomic E-state index is 12.7. The standard InChI is InChI=1S/2C20H23O2P/c2*1-11-7-13(3)17(14(4)8-11)19(21)23-20(22)18-15(5)9-12(2)10-16(18)6/h2*7-10,23H,1-6H3. The van der Waals surface area contributed by atoms with E-state index in [4.69, 9.17) is 0 Å². The van der Waals surface area contributed by atoms with Gasteiger partial charge in [0.05, 0.1) is 0 Å². The van der Waals surface area contributed by atoms with Crippen molar-refractivity contribution in [2.45, 2.75) is 83.1 Å². The van der Waals surface area contributed by atoms with Gasteiger partial charge in [0.1, 0.15) is 0 Å². The fourth-order valence-electron chi connectivity index (χ4n) is 6.61. The molecule has 0 aliphatic carbocycles. The van der Waals surface area contributed by atoms with Gasteiger partial charge in [-0.25, -0.2) is 0 Å². The van der Waals surface area contributed by atoms with Gasteiger partial charge < -0.3 is 0 Å². The first kappa shape index (κ1) is 36.9. The number of carbonyl (C=O) groups is 4. The molecule has 0 aliphatic rings. The van der Waals surface area contributed by atoms with E-state index in [-0.39, 0.29) is 39.3 Å². The second-order valence-electron chi connectivity index (χ2n) is 12.7. The Morgan fingerprint density at radius 3 is 0.565 bits per heavy atom. The number of carbonyl (C=O) groups excluding carboxylic acids is 4. The topological polar surface area (TPSA) is 68.3 Å². The van der Waals surface area contributed by atoms with Gasteiger partial charge in [-0.05, 0) is 128 Å². The Morgan fingerprint density at radius 2 is 0.435 bits per heavy atom. The molecule has 240 valence electrons. The lowest BCUT2D eigenvalue weighted by Gasteiger charge is -2.12. The summed E-state index contributed by atoms with van der Waals surface area (Å²) in [5.74, 6) is 0. The molecule has 0 bridgehead atoms. The molecule has 0 heterocycles. The highest BCUT2D eigenvalue weighted by atomic mass is 31.1. The van der Waals surface area contributed by atoms with E-state index >= 15 is 0 Å². The first-order valence-electron chi connectivity index (χ1n) is 15.4. The summed E-state index contributed by atoms with van der Waals surface area (Å²) in [5, 5.41) is 0. The summed E-state index contributed by atoms with van der Waals surface area (Å²) in [6.45, 7) is 23.5. The van der Waals surface area contributed by atoms with E-state index in [0.29, 0.717) is 22.3 Å². The van der Waals surface area contributed by atoms with Crippen molar-refractivity contribution in [3.63, 3.8) is 0 Å². The van der Waals surface area contributed by atoms with E-state index in [2.05, 4.69) is 0 Å². The first-order chi connectivity index (χ1) is 21.4. The van der Waals surface area contributed by atoms with E-state index in [9.17, 15) is 19.2 Å². The smallest absolute Gasteiger partial charge is 0.189 e. The Morgan fingerprint density at radius 1 is 0.304 bits per heavy atom. The van der Waals surface area contributed by atoms with Gasteiger partial charge >= 0.3 is 0 Å². The monoisotopic (exact) mass is 652 g/mol. The van der Waals surface area contributed by atoms with E-state index in [1.54, 1.807) is 0 Å². The molecule has 0 fully saturated rings.